The van der Waals surface area contributed by atoms with E-state index in [1.54, 1.807) is 12.1 Å². The second-order valence-corrected chi connectivity index (χ2v) is 7.04. The van der Waals surface area contributed by atoms with Crippen LogP contribution in [0.25, 0.3) is 0 Å². The second kappa shape index (κ2) is 5.27. The number of phenols is 1. The number of hydrogen-bond acceptors (Lipinski definition) is 6. The summed E-state index contributed by atoms with van der Waals surface area (Å²) in [7, 11) is 0. The van der Waals surface area contributed by atoms with Crippen molar-refractivity contribution in [3.05, 3.63) is 29.3 Å². The van der Waals surface area contributed by atoms with Gasteiger partial charge in [-0.1, -0.05) is 25.5 Å². The van der Waals surface area contributed by atoms with Crippen molar-refractivity contribution in [2.75, 3.05) is 0 Å². The molecule has 5 atom stereocenters. The monoisotopic (exact) mass is 348 g/mol. The number of hydrogen-bond donors (Lipinski definition) is 3. The van der Waals surface area contributed by atoms with Crippen LogP contribution in [0.4, 0.5) is 0 Å². The molecule has 0 amide bonds. The molecular weight excluding hydrogens is 328 g/mol. The lowest BCUT2D eigenvalue weighted by molar-refractivity contribution is -0.145. The molecule has 7 nitrogen and oxygen atoms in total. The Balaban J connectivity index is 1.82. The molecule has 1 aromatic rings. The van der Waals surface area contributed by atoms with E-state index in [1.807, 2.05) is 6.92 Å². The zero-order valence-electron chi connectivity index (χ0n) is 13.8. The summed E-state index contributed by atoms with van der Waals surface area (Å²) in [4.78, 5) is 24.3. The molecular formula is C18H20O7. The molecule has 2 heterocycles. The fraction of sp³-hybridized carbons (Fsp3) is 0.556. The molecule has 2 saturated heterocycles. The van der Waals surface area contributed by atoms with Gasteiger partial charge in [-0.05, 0) is 18.1 Å². The number of Topliss-reactive ketones (excluding diaryl/α,β-unsaturated/α-hetero) is 1. The highest BCUT2D eigenvalue weighted by Gasteiger charge is 2.85. The number of epoxide rings is 1. The number of fused-ring (bicyclic) bond motifs is 1. The Morgan fingerprint density at radius 3 is 2.84 bits per heavy atom. The smallest absolute Gasteiger partial charge is 0.305 e. The van der Waals surface area contributed by atoms with Gasteiger partial charge in [0, 0.05) is 6.42 Å². The van der Waals surface area contributed by atoms with E-state index >= 15 is 0 Å². The number of carboxylic acids is 1. The minimum absolute atomic E-state index is 0.0736. The third-order valence-electron chi connectivity index (χ3n) is 5.60. The van der Waals surface area contributed by atoms with Crippen molar-refractivity contribution in [3.8, 4) is 5.75 Å². The van der Waals surface area contributed by atoms with Crippen molar-refractivity contribution in [1.29, 1.82) is 0 Å². The zero-order valence-corrected chi connectivity index (χ0v) is 13.8. The molecule has 7 heteroatoms. The van der Waals surface area contributed by atoms with Crippen molar-refractivity contribution >= 4 is 11.8 Å². The molecule has 3 aliphatic rings. The number of ether oxygens (including phenoxy) is 2. The van der Waals surface area contributed by atoms with Crippen LogP contribution in [0, 0.1) is 0 Å². The predicted molar refractivity (Wildman–Crippen MR) is 84.4 cm³/mol. The first-order valence-electron chi connectivity index (χ1n) is 8.49. The molecule has 134 valence electrons. The highest BCUT2D eigenvalue weighted by Crippen LogP contribution is 2.68. The maximum absolute atomic E-state index is 13.2. The van der Waals surface area contributed by atoms with Gasteiger partial charge in [-0.15, -0.1) is 0 Å². The van der Waals surface area contributed by atoms with Gasteiger partial charge in [0.2, 0.25) is 5.78 Å². The average Bonchev–Trinajstić information content (AvgIpc) is 3.25. The minimum Gasteiger partial charge on any atom is -0.507 e. The third-order valence-corrected chi connectivity index (χ3v) is 5.60. The normalized spacial score (nSPS) is 38.5. The maximum Gasteiger partial charge on any atom is 0.305 e. The van der Waals surface area contributed by atoms with Crippen molar-refractivity contribution < 1.29 is 34.4 Å². The number of carboxylic acid groups (broad SMARTS) is 1. The molecule has 1 aliphatic carbocycles. The topological polar surface area (TPSA) is 117 Å². The Kier molecular flexibility index (Phi) is 3.48. The van der Waals surface area contributed by atoms with Gasteiger partial charge in [0.25, 0.3) is 0 Å². The fourth-order valence-corrected chi connectivity index (χ4v) is 4.58. The fourth-order valence-electron chi connectivity index (χ4n) is 4.58. The van der Waals surface area contributed by atoms with Gasteiger partial charge < -0.3 is 24.8 Å². The first-order valence-corrected chi connectivity index (χ1v) is 8.49. The van der Waals surface area contributed by atoms with Crippen LogP contribution in [0.1, 0.15) is 54.6 Å². The van der Waals surface area contributed by atoms with E-state index < -0.39 is 41.3 Å². The standard InChI is InChI=1S/C18H20O7/c1-2-4-12-18-16(23)14-10(5-3-6-11(14)19)15(22)17(18,25-18)8-9(24-12)7-13(20)21/h3,5-6,9,12,15,19,22H,2,4,7-8H2,1H3,(H,20,21)/t9-,12-,15+,17?,18+/m1/s1. The number of carbonyl (C=O) groups is 2. The second-order valence-electron chi connectivity index (χ2n) is 7.04. The molecule has 0 bridgehead atoms. The van der Waals surface area contributed by atoms with Gasteiger partial charge in [-0.2, -0.15) is 0 Å². The number of ketones is 1. The van der Waals surface area contributed by atoms with Crippen LogP contribution in [-0.2, 0) is 14.3 Å². The Hall–Kier alpha value is -1.96. The quantitative estimate of drug-likeness (QED) is 0.707. The molecule has 25 heavy (non-hydrogen) atoms. The minimum atomic E-state index is -1.34. The lowest BCUT2D eigenvalue weighted by Crippen LogP contribution is -2.57. The number of benzene rings is 1. The molecule has 0 saturated carbocycles. The lowest BCUT2D eigenvalue weighted by Gasteiger charge is -2.41. The third kappa shape index (κ3) is 1.97. The molecule has 0 aromatic heterocycles. The summed E-state index contributed by atoms with van der Waals surface area (Å²) in [6.07, 6.45) is -1.28. The summed E-state index contributed by atoms with van der Waals surface area (Å²) in [5.41, 5.74) is -2.12. The SMILES string of the molecule is CCC[C@H]1O[C@H](CC(=O)O)CC23O[C@]12C(=O)c1c(O)cccc1[C@@H]3O. The van der Waals surface area contributed by atoms with Gasteiger partial charge >= 0.3 is 5.97 Å². The van der Waals surface area contributed by atoms with Crippen molar-refractivity contribution in [2.45, 2.75) is 62.1 Å². The predicted octanol–water partition coefficient (Wildman–Crippen LogP) is 1.56. The number of rotatable bonds is 4. The van der Waals surface area contributed by atoms with Crippen molar-refractivity contribution in [1.82, 2.24) is 0 Å². The van der Waals surface area contributed by atoms with E-state index in [1.165, 1.54) is 6.07 Å². The van der Waals surface area contributed by atoms with Crippen molar-refractivity contribution in [3.63, 3.8) is 0 Å². The number of aromatic hydroxyl groups is 1. The van der Waals surface area contributed by atoms with E-state index in [0.29, 0.717) is 18.4 Å². The molecule has 1 unspecified atom stereocenters. The number of aliphatic hydroxyl groups is 1. The summed E-state index contributed by atoms with van der Waals surface area (Å²) >= 11 is 0. The van der Waals surface area contributed by atoms with E-state index in [2.05, 4.69) is 0 Å². The Morgan fingerprint density at radius 2 is 2.16 bits per heavy atom. The van der Waals surface area contributed by atoms with Crippen LogP contribution in [0.2, 0.25) is 0 Å². The zero-order chi connectivity index (χ0) is 18.0. The lowest BCUT2D eigenvalue weighted by atomic mass is 9.66. The van der Waals surface area contributed by atoms with E-state index in [4.69, 9.17) is 14.6 Å². The molecule has 4 rings (SSSR count). The average molecular weight is 348 g/mol. The molecule has 3 N–H and O–H groups in total. The Bertz CT molecular complexity index is 760. The van der Waals surface area contributed by atoms with Crippen LogP contribution in [0.3, 0.4) is 0 Å². The van der Waals surface area contributed by atoms with Gasteiger partial charge in [0.15, 0.2) is 5.60 Å². The molecule has 0 spiro atoms. The van der Waals surface area contributed by atoms with Crippen LogP contribution in [0.15, 0.2) is 18.2 Å². The van der Waals surface area contributed by atoms with Gasteiger partial charge in [0.1, 0.15) is 17.5 Å². The van der Waals surface area contributed by atoms with Gasteiger partial charge in [-0.3, -0.25) is 9.59 Å². The summed E-state index contributed by atoms with van der Waals surface area (Å²) in [6.45, 7) is 1.93. The highest BCUT2D eigenvalue weighted by molar-refractivity contribution is 6.11. The first kappa shape index (κ1) is 16.5. The van der Waals surface area contributed by atoms with Crippen LogP contribution in [-0.4, -0.2) is 50.5 Å². The summed E-state index contributed by atoms with van der Waals surface area (Å²) < 4.78 is 11.8. The largest absolute Gasteiger partial charge is 0.507 e. The van der Waals surface area contributed by atoms with Gasteiger partial charge in [0.05, 0.1) is 24.2 Å². The molecule has 2 fully saturated rings. The number of aliphatic carboxylic acids is 1. The first-order chi connectivity index (χ1) is 11.9. The summed E-state index contributed by atoms with van der Waals surface area (Å²) in [5.74, 6) is -1.58. The van der Waals surface area contributed by atoms with E-state index in [0.717, 1.165) is 0 Å². The molecule has 1 aromatic carbocycles. The molecule has 2 aliphatic heterocycles. The van der Waals surface area contributed by atoms with E-state index in [9.17, 15) is 19.8 Å². The summed E-state index contributed by atoms with van der Waals surface area (Å²) in [6, 6.07) is 4.56. The van der Waals surface area contributed by atoms with E-state index in [-0.39, 0.29) is 24.2 Å². The van der Waals surface area contributed by atoms with Crippen LogP contribution in [0.5, 0.6) is 5.75 Å². The van der Waals surface area contributed by atoms with Gasteiger partial charge in [-0.25, -0.2) is 0 Å². The highest BCUT2D eigenvalue weighted by atomic mass is 16.7. The summed E-state index contributed by atoms with van der Waals surface area (Å²) in [5, 5.41) is 30.2. The van der Waals surface area contributed by atoms with Crippen molar-refractivity contribution in [2.24, 2.45) is 0 Å². The Morgan fingerprint density at radius 1 is 1.40 bits per heavy atom. The number of carbonyl (C=O) groups excluding carboxylic acids is 1. The molecule has 0 radical (unpaired) electrons. The van der Waals surface area contributed by atoms with Crippen LogP contribution < -0.4 is 0 Å². The van der Waals surface area contributed by atoms with Crippen LogP contribution >= 0.6 is 0 Å². The maximum atomic E-state index is 13.2. The number of phenolic OH excluding ortho intramolecular Hbond substituents is 1. The number of aliphatic hydroxyl groups excluding tert-OH is 1. The Labute approximate surface area is 144 Å².